The van der Waals surface area contributed by atoms with Crippen LogP contribution in [0.15, 0.2) is 82.4 Å². The summed E-state index contributed by atoms with van der Waals surface area (Å²) >= 11 is 2.77. The lowest BCUT2D eigenvalue weighted by atomic mass is 10.0. The number of aryl methyl sites for hydroxylation is 1. The molecule has 1 N–H and O–H groups in total. The number of carboxylic acids is 1. The maximum Gasteiger partial charge on any atom is 0.303 e. The molecule has 0 atom stereocenters. The van der Waals surface area contributed by atoms with Gasteiger partial charge in [0.05, 0.1) is 27.6 Å². The second kappa shape index (κ2) is 9.15. The molecule has 0 amide bonds. The van der Waals surface area contributed by atoms with Crippen LogP contribution in [0.2, 0.25) is 0 Å². The van der Waals surface area contributed by atoms with Crippen LogP contribution in [0, 0.1) is 6.57 Å². The normalized spacial score (nSPS) is 11.5. The van der Waals surface area contributed by atoms with Crippen LogP contribution in [0.25, 0.3) is 37.4 Å². The highest BCUT2D eigenvalue weighted by atomic mass is 32.2. The van der Waals surface area contributed by atoms with Gasteiger partial charge >= 0.3 is 5.97 Å². The molecule has 0 radical (unpaired) electrons. The number of carboxylic acid groups (broad SMARTS) is 1. The van der Waals surface area contributed by atoms with E-state index in [1.807, 2.05) is 41.1 Å². The highest BCUT2D eigenvalue weighted by Crippen LogP contribution is 2.48. The van der Waals surface area contributed by atoms with Crippen molar-refractivity contribution < 1.29 is 18.3 Å². The van der Waals surface area contributed by atoms with Gasteiger partial charge in [0.2, 0.25) is 5.00 Å². The van der Waals surface area contributed by atoms with Crippen molar-refractivity contribution in [1.29, 1.82) is 0 Å². The number of aliphatic carboxylic acids is 1. The first-order chi connectivity index (χ1) is 16.9. The molecule has 35 heavy (non-hydrogen) atoms. The Morgan fingerprint density at radius 1 is 0.971 bits per heavy atom. The van der Waals surface area contributed by atoms with Gasteiger partial charge in [-0.15, -0.1) is 11.3 Å². The van der Waals surface area contributed by atoms with E-state index in [1.54, 1.807) is 24.3 Å². The summed E-state index contributed by atoms with van der Waals surface area (Å²) in [5.41, 5.74) is 3.24. The number of carbonyl (C=O) groups is 1. The largest absolute Gasteiger partial charge is 0.481 e. The molecule has 0 bridgehead atoms. The molecule has 5 aromatic rings. The van der Waals surface area contributed by atoms with Crippen LogP contribution in [0.4, 0.5) is 5.00 Å². The number of benzene rings is 2. The number of rotatable bonds is 7. The zero-order chi connectivity index (χ0) is 24.6. The van der Waals surface area contributed by atoms with Gasteiger partial charge in [0.25, 0.3) is 10.0 Å². The van der Waals surface area contributed by atoms with Crippen LogP contribution < -0.4 is 0 Å². The molecular formula is C26H18N2O4S3. The zero-order valence-corrected chi connectivity index (χ0v) is 20.7. The van der Waals surface area contributed by atoms with Crippen molar-refractivity contribution >= 4 is 54.6 Å². The molecule has 0 saturated carbocycles. The molecule has 0 unspecified atom stereocenters. The average Bonchev–Trinajstić information content (AvgIpc) is 3.60. The minimum atomic E-state index is -4.03. The molecule has 5 rings (SSSR count). The second-order valence-electron chi connectivity index (χ2n) is 7.78. The number of hydrogen-bond donors (Lipinski definition) is 1. The summed E-state index contributed by atoms with van der Waals surface area (Å²) in [5, 5.41) is 13.9. The monoisotopic (exact) mass is 518 g/mol. The maximum absolute atomic E-state index is 14.1. The third-order valence-corrected chi connectivity index (χ3v) is 9.10. The lowest BCUT2D eigenvalue weighted by molar-refractivity contribution is -0.136. The van der Waals surface area contributed by atoms with Crippen molar-refractivity contribution in [2.75, 3.05) is 0 Å². The van der Waals surface area contributed by atoms with Crippen molar-refractivity contribution in [3.05, 3.63) is 94.5 Å². The fraction of sp³-hybridized carbons (Fsp3) is 0.0769. The topological polar surface area (TPSA) is 80.7 Å². The fourth-order valence-corrected chi connectivity index (χ4v) is 7.18. The highest BCUT2D eigenvalue weighted by molar-refractivity contribution is 7.90. The van der Waals surface area contributed by atoms with Gasteiger partial charge in [-0.2, -0.15) is 11.3 Å². The van der Waals surface area contributed by atoms with Crippen LogP contribution in [0.3, 0.4) is 0 Å². The fourth-order valence-electron chi connectivity index (χ4n) is 4.13. The number of thiophene rings is 2. The summed E-state index contributed by atoms with van der Waals surface area (Å²) in [4.78, 5) is 15.5. The minimum absolute atomic E-state index is 0.0236. The highest BCUT2D eigenvalue weighted by Gasteiger charge is 2.30. The molecule has 0 saturated heterocycles. The Bertz CT molecular complexity index is 1690. The van der Waals surface area contributed by atoms with Gasteiger partial charge in [0.15, 0.2) is 0 Å². The van der Waals surface area contributed by atoms with Gasteiger partial charge in [-0.25, -0.2) is 17.2 Å². The molecule has 9 heteroatoms. The lowest BCUT2D eigenvalue weighted by Gasteiger charge is -2.13. The van der Waals surface area contributed by atoms with Crippen molar-refractivity contribution in [2.45, 2.75) is 17.7 Å². The molecule has 3 heterocycles. The third-order valence-electron chi connectivity index (χ3n) is 5.69. The second-order valence-corrected chi connectivity index (χ2v) is 11.4. The number of nitrogens with zero attached hydrogens (tertiary/aromatic N) is 2. The van der Waals surface area contributed by atoms with Gasteiger partial charge in [-0.1, -0.05) is 42.5 Å². The van der Waals surface area contributed by atoms with Gasteiger partial charge in [-0.05, 0) is 47.0 Å². The molecule has 174 valence electrons. The van der Waals surface area contributed by atoms with Gasteiger partial charge in [-0.3, -0.25) is 4.79 Å². The first-order valence-corrected chi connectivity index (χ1v) is 13.8. The smallest absolute Gasteiger partial charge is 0.303 e. The van der Waals surface area contributed by atoms with E-state index in [0.29, 0.717) is 28.2 Å². The predicted octanol–water partition coefficient (Wildman–Crippen LogP) is 6.90. The third kappa shape index (κ3) is 4.06. The molecule has 2 aromatic carbocycles. The van der Waals surface area contributed by atoms with E-state index in [1.165, 1.54) is 38.8 Å². The minimum Gasteiger partial charge on any atom is -0.481 e. The van der Waals surface area contributed by atoms with Gasteiger partial charge in [0.1, 0.15) is 0 Å². The molecule has 0 aliphatic carbocycles. The molecule has 6 nitrogen and oxygen atoms in total. The summed E-state index contributed by atoms with van der Waals surface area (Å²) < 4.78 is 29.6. The van der Waals surface area contributed by atoms with Crippen molar-refractivity contribution in [3.63, 3.8) is 0 Å². The summed E-state index contributed by atoms with van der Waals surface area (Å²) in [5.74, 6) is -0.902. The Morgan fingerprint density at radius 2 is 1.74 bits per heavy atom. The summed E-state index contributed by atoms with van der Waals surface area (Å²) in [6.07, 6.45) is 0.300. The Morgan fingerprint density at radius 3 is 2.43 bits per heavy atom. The zero-order valence-electron chi connectivity index (χ0n) is 18.2. The first kappa shape index (κ1) is 23.1. The standard InChI is InChI=1S/C26H18N2O4S3/c1-27-26-20(14-16-34-26)24-19-5-2-3-6-21(19)28(25(24)22-7-4-15-33-22)35(31,32)18-11-8-17(9-12-18)10-13-23(29)30/h2-9,11-12,14-16H,10,13H2,(H,29,30). The average molecular weight is 519 g/mol. The Balaban J connectivity index is 1.78. The number of aromatic nitrogens is 1. The molecule has 0 fully saturated rings. The van der Waals surface area contributed by atoms with E-state index in [0.717, 1.165) is 21.4 Å². The summed E-state index contributed by atoms with van der Waals surface area (Å²) in [6, 6.07) is 19.3. The van der Waals surface area contributed by atoms with Crippen LogP contribution in [-0.2, 0) is 21.2 Å². The molecule has 3 aromatic heterocycles. The Labute approximate surface area is 210 Å². The van der Waals surface area contributed by atoms with E-state index in [4.69, 9.17) is 11.7 Å². The van der Waals surface area contributed by atoms with Crippen molar-refractivity contribution in [3.8, 4) is 21.7 Å². The number of hydrogen-bond acceptors (Lipinski definition) is 5. The Hall–Kier alpha value is -3.71. The molecule has 0 aliphatic heterocycles. The van der Waals surface area contributed by atoms with E-state index in [9.17, 15) is 13.2 Å². The van der Waals surface area contributed by atoms with Crippen LogP contribution in [-0.4, -0.2) is 23.5 Å². The lowest BCUT2D eigenvalue weighted by Crippen LogP contribution is -2.14. The van der Waals surface area contributed by atoms with E-state index < -0.39 is 16.0 Å². The van der Waals surface area contributed by atoms with E-state index in [2.05, 4.69) is 4.85 Å². The van der Waals surface area contributed by atoms with E-state index in [-0.39, 0.29) is 11.3 Å². The summed E-state index contributed by atoms with van der Waals surface area (Å²) in [6.45, 7) is 7.62. The predicted molar refractivity (Wildman–Crippen MR) is 140 cm³/mol. The van der Waals surface area contributed by atoms with Crippen LogP contribution in [0.1, 0.15) is 12.0 Å². The van der Waals surface area contributed by atoms with Gasteiger partial charge < -0.3 is 5.11 Å². The van der Waals surface area contributed by atoms with Crippen molar-refractivity contribution in [1.82, 2.24) is 3.97 Å². The molecule has 0 spiro atoms. The van der Waals surface area contributed by atoms with Crippen molar-refractivity contribution in [2.24, 2.45) is 0 Å². The van der Waals surface area contributed by atoms with Gasteiger partial charge in [0, 0.05) is 22.9 Å². The number of para-hydroxylation sites is 1. The molecular weight excluding hydrogens is 500 g/mol. The number of fused-ring (bicyclic) bond motifs is 1. The van der Waals surface area contributed by atoms with Crippen LogP contribution >= 0.6 is 22.7 Å². The SMILES string of the molecule is [C-]#[N+]c1sccc1-c1c(-c2cccs2)n(S(=O)(=O)c2ccc(CCC(=O)O)cc2)c2ccccc12. The van der Waals surface area contributed by atoms with Crippen LogP contribution in [0.5, 0.6) is 0 Å². The Kier molecular flexibility index (Phi) is 6.03. The maximum atomic E-state index is 14.1. The van der Waals surface area contributed by atoms with E-state index >= 15 is 0 Å². The molecule has 0 aliphatic rings. The summed E-state index contributed by atoms with van der Waals surface area (Å²) in [7, 11) is -4.03. The quantitative estimate of drug-likeness (QED) is 0.238. The first-order valence-electron chi connectivity index (χ1n) is 10.6.